The van der Waals surface area contributed by atoms with Crippen LogP contribution in [0.2, 0.25) is 5.02 Å². The van der Waals surface area contributed by atoms with Crippen LogP contribution in [-0.2, 0) is 9.59 Å². The van der Waals surface area contributed by atoms with E-state index in [9.17, 15) is 9.59 Å². The number of nitrogens with one attached hydrogen (secondary N) is 1. The van der Waals surface area contributed by atoms with E-state index in [1.807, 2.05) is 4.90 Å². The van der Waals surface area contributed by atoms with E-state index in [2.05, 4.69) is 5.32 Å². The fourth-order valence-electron chi connectivity index (χ4n) is 3.30. The number of carbonyl (C=O) groups excluding carboxylic acids is 2. The molecule has 30 heavy (non-hydrogen) atoms. The lowest BCUT2D eigenvalue weighted by Gasteiger charge is -2.32. The Morgan fingerprint density at radius 3 is 2.57 bits per heavy atom. The van der Waals surface area contributed by atoms with Crippen LogP contribution in [0.3, 0.4) is 0 Å². The van der Waals surface area contributed by atoms with Gasteiger partial charge in [0.2, 0.25) is 5.91 Å². The van der Waals surface area contributed by atoms with E-state index in [-0.39, 0.29) is 11.8 Å². The number of rotatable bonds is 7. The van der Waals surface area contributed by atoms with Gasteiger partial charge in [-0.2, -0.15) is 0 Å². The van der Waals surface area contributed by atoms with Gasteiger partial charge in [-0.25, -0.2) is 0 Å². The summed E-state index contributed by atoms with van der Waals surface area (Å²) in [5, 5.41) is 3.61. The molecular formula is C23H27ClN2O4. The molecule has 160 valence electrons. The van der Waals surface area contributed by atoms with E-state index in [0.29, 0.717) is 42.1 Å². The highest BCUT2D eigenvalue weighted by Crippen LogP contribution is 2.22. The van der Waals surface area contributed by atoms with Crippen molar-refractivity contribution in [2.75, 3.05) is 19.6 Å². The maximum absolute atomic E-state index is 12.6. The summed E-state index contributed by atoms with van der Waals surface area (Å²) < 4.78 is 11.0. The SMILES string of the molecule is CC(C)(Oc1ccc(Cl)cc1)C(=O)NCC1CCN(C(=O)/C=C/c2ccco2)CC1. The average molecular weight is 431 g/mol. The number of piperidine rings is 1. The standard InChI is InChI=1S/C23H27ClN2O4/c1-23(2,30-20-7-5-18(24)6-8-20)22(28)25-16-17-11-13-26(14-12-17)21(27)10-9-19-4-3-15-29-19/h3-10,15,17H,11-14,16H2,1-2H3,(H,25,28)/b10-9+. The molecule has 1 aliphatic rings. The zero-order chi connectivity index (χ0) is 21.6. The molecule has 1 saturated heterocycles. The van der Waals surface area contributed by atoms with Crippen LogP contribution < -0.4 is 10.1 Å². The molecule has 1 N–H and O–H groups in total. The Kier molecular flexibility index (Phi) is 7.21. The highest BCUT2D eigenvalue weighted by molar-refractivity contribution is 6.30. The van der Waals surface area contributed by atoms with Gasteiger partial charge in [0, 0.05) is 30.7 Å². The zero-order valence-electron chi connectivity index (χ0n) is 17.3. The number of ether oxygens (including phenoxy) is 1. The average Bonchev–Trinajstić information content (AvgIpc) is 3.26. The predicted molar refractivity (Wildman–Crippen MR) is 116 cm³/mol. The van der Waals surface area contributed by atoms with Crippen LogP contribution in [0.25, 0.3) is 6.08 Å². The number of hydrogen-bond donors (Lipinski definition) is 1. The molecule has 0 atom stereocenters. The van der Waals surface area contributed by atoms with Crippen molar-refractivity contribution in [1.82, 2.24) is 10.2 Å². The van der Waals surface area contributed by atoms with E-state index < -0.39 is 5.60 Å². The molecule has 0 bridgehead atoms. The summed E-state index contributed by atoms with van der Waals surface area (Å²) >= 11 is 5.88. The number of halogens is 1. The summed E-state index contributed by atoms with van der Waals surface area (Å²) in [5.41, 5.74) is -0.999. The van der Waals surface area contributed by atoms with Crippen molar-refractivity contribution in [1.29, 1.82) is 0 Å². The van der Waals surface area contributed by atoms with Crippen molar-refractivity contribution in [3.8, 4) is 5.75 Å². The Balaban J connectivity index is 1.41. The lowest BCUT2D eigenvalue weighted by Crippen LogP contribution is -2.49. The molecule has 0 unspecified atom stereocenters. The van der Waals surface area contributed by atoms with Gasteiger partial charge in [-0.05, 0) is 75.1 Å². The van der Waals surface area contributed by atoms with Gasteiger partial charge in [-0.1, -0.05) is 11.6 Å². The molecule has 1 aromatic carbocycles. The molecule has 2 heterocycles. The van der Waals surface area contributed by atoms with Gasteiger partial charge in [0.15, 0.2) is 5.60 Å². The van der Waals surface area contributed by atoms with Crippen molar-refractivity contribution in [3.05, 3.63) is 59.5 Å². The van der Waals surface area contributed by atoms with Crippen LogP contribution in [0.15, 0.2) is 53.2 Å². The lowest BCUT2D eigenvalue weighted by atomic mass is 9.96. The summed E-state index contributed by atoms with van der Waals surface area (Å²) in [6.45, 7) is 5.39. The normalized spacial score (nSPS) is 15.4. The Morgan fingerprint density at radius 2 is 1.93 bits per heavy atom. The second-order valence-corrected chi connectivity index (χ2v) is 8.33. The Labute approximate surface area is 181 Å². The molecule has 3 rings (SSSR count). The van der Waals surface area contributed by atoms with Crippen LogP contribution in [0.5, 0.6) is 5.75 Å². The smallest absolute Gasteiger partial charge is 0.263 e. The molecule has 0 saturated carbocycles. The zero-order valence-corrected chi connectivity index (χ0v) is 18.0. The fraction of sp³-hybridized carbons (Fsp3) is 0.391. The van der Waals surface area contributed by atoms with Crippen molar-refractivity contribution in [2.24, 2.45) is 5.92 Å². The molecule has 7 heteroatoms. The third kappa shape index (κ3) is 6.13. The van der Waals surface area contributed by atoms with Gasteiger partial charge in [0.25, 0.3) is 5.91 Å². The first-order chi connectivity index (χ1) is 14.3. The Morgan fingerprint density at radius 1 is 1.23 bits per heavy atom. The quantitative estimate of drug-likeness (QED) is 0.669. The van der Waals surface area contributed by atoms with E-state index in [0.717, 1.165) is 12.8 Å². The first kappa shape index (κ1) is 22.0. The summed E-state index contributed by atoms with van der Waals surface area (Å²) in [7, 11) is 0. The number of nitrogens with zero attached hydrogens (tertiary/aromatic N) is 1. The molecule has 2 amide bonds. The van der Waals surface area contributed by atoms with E-state index in [1.165, 1.54) is 6.08 Å². The second kappa shape index (κ2) is 9.85. The minimum Gasteiger partial charge on any atom is -0.478 e. The van der Waals surface area contributed by atoms with E-state index in [1.54, 1.807) is 62.6 Å². The van der Waals surface area contributed by atoms with Crippen molar-refractivity contribution in [3.63, 3.8) is 0 Å². The van der Waals surface area contributed by atoms with Gasteiger partial charge < -0.3 is 19.4 Å². The number of amides is 2. The monoisotopic (exact) mass is 430 g/mol. The number of carbonyl (C=O) groups is 2. The third-order valence-electron chi connectivity index (χ3n) is 5.14. The minimum absolute atomic E-state index is 0.0219. The summed E-state index contributed by atoms with van der Waals surface area (Å²) in [6.07, 6.45) is 6.48. The lowest BCUT2D eigenvalue weighted by molar-refractivity contribution is -0.134. The number of hydrogen-bond acceptors (Lipinski definition) is 4. The second-order valence-electron chi connectivity index (χ2n) is 7.89. The van der Waals surface area contributed by atoms with Crippen molar-refractivity contribution < 1.29 is 18.7 Å². The van der Waals surface area contributed by atoms with Crippen molar-refractivity contribution in [2.45, 2.75) is 32.3 Å². The molecule has 0 aliphatic carbocycles. The fourth-order valence-corrected chi connectivity index (χ4v) is 3.42. The molecule has 0 radical (unpaired) electrons. The van der Waals surface area contributed by atoms with Crippen LogP contribution in [0.4, 0.5) is 0 Å². The van der Waals surface area contributed by atoms with Gasteiger partial charge in [0.05, 0.1) is 6.26 Å². The molecule has 0 spiro atoms. The number of benzene rings is 1. The van der Waals surface area contributed by atoms with Gasteiger partial charge >= 0.3 is 0 Å². The number of likely N-dealkylation sites (tertiary alicyclic amines) is 1. The molecule has 6 nitrogen and oxygen atoms in total. The molecule has 1 aliphatic heterocycles. The van der Waals surface area contributed by atoms with Gasteiger partial charge in [-0.3, -0.25) is 9.59 Å². The van der Waals surface area contributed by atoms with Gasteiger partial charge in [-0.15, -0.1) is 0 Å². The summed E-state index contributed by atoms with van der Waals surface area (Å²) in [6, 6.07) is 10.5. The van der Waals surface area contributed by atoms with E-state index in [4.69, 9.17) is 20.8 Å². The first-order valence-electron chi connectivity index (χ1n) is 10.1. The highest BCUT2D eigenvalue weighted by Gasteiger charge is 2.31. The van der Waals surface area contributed by atoms with Crippen LogP contribution in [-0.4, -0.2) is 41.9 Å². The maximum Gasteiger partial charge on any atom is 0.263 e. The topological polar surface area (TPSA) is 71.8 Å². The molecular weight excluding hydrogens is 404 g/mol. The van der Waals surface area contributed by atoms with Crippen LogP contribution in [0.1, 0.15) is 32.4 Å². The van der Waals surface area contributed by atoms with Crippen LogP contribution >= 0.6 is 11.6 Å². The minimum atomic E-state index is -0.999. The third-order valence-corrected chi connectivity index (χ3v) is 5.40. The highest BCUT2D eigenvalue weighted by atomic mass is 35.5. The summed E-state index contributed by atoms with van der Waals surface area (Å²) in [4.78, 5) is 26.7. The number of furan rings is 1. The summed E-state index contributed by atoms with van der Waals surface area (Å²) in [5.74, 6) is 1.39. The Hall–Kier alpha value is -2.73. The molecule has 1 fully saturated rings. The van der Waals surface area contributed by atoms with Crippen LogP contribution in [0, 0.1) is 5.92 Å². The maximum atomic E-state index is 12.6. The predicted octanol–water partition coefficient (Wildman–Crippen LogP) is 4.16. The van der Waals surface area contributed by atoms with Crippen molar-refractivity contribution >= 4 is 29.5 Å². The first-order valence-corrected chi connectivity index (χ1v) is 10.4. The molecule has 1 aromatic heterocycles. The van der Waals surface area contributed by atoms with E-state index >= 15 is 0 Å². The Bertz CT molecular complexity index is 867. The largest absolute Gasteiger partial charge is 0.478 e. The molecule has 2 aromatic rings. The van der Waals surface area contributed by atoms with Gasteiger partial charge in [0.1, 0.15) is 11.5 Å².